The molecular formula is C11H18N4O5S. The van der Waals surface area contributed by atoms with E-state index < -0.39 is 26.2 Å². The lowest BCUT2D eigenvalue weighted by atomic mass is 10.1. The van der Waals surface area contributed by atoms with Gasteiger partial charge < -0.3 is 10.5 Å². The first kappa shape index (κ1) is 17.3. The minimum Gasteiger partial charge on any atom is -0.389 e. The van der Waals surface area contributed by atoms with E-state index in [0.29, 0.717) is 0 Å². The Kier molecular flexibility index (Phi) is 4.89. The maximum Gasteiger partial charge on any atom is 0.294 e. The molecule has 0 heterocycles. The average Bonchev–Trinajstić information content (AvgIpc) is 2.35. The summed E-state index contributed by atoms with van der Waals surface area (Å²) in [4.78, 5) is 9.94. The minimum atomic E-state index is -3.95. The van der Waals surface area contributed by atoms with E-state index in [0.717, 1.165) is 10.4 Å². The molecule has 0 saturated carbocycles. The van der Waals surface area contributed by atoms with Gasteiger partial charge in [0.25, 0.3) is 5.69 Å². The molecule has 1 rings (SSSR count). The number of hydrazine groups is 1. The van der Waals surface area contributed by atoms with E-state index in [4.69, 9.17) is 5.84 Å². The van der Waals surface area contributed by atoms with Gasteiger partial charge in [0.05, 0.1) is 15.4 Å². The fourth-order valence-corrected chi connectivity index (χ4v) is 3.10. The number of nitrogen functional groups attached to an aromatic ring is 1. The zero-order valence-electron chi connectivity index (χ0n) is 11.9. The van der Waals surface area contributed by atoms with Crippen LogP contribution in [0.5, 0.6) is 0 Å². The zero-order chi connectivity index (χ0) is 16.4. The number of anilines is 1. The normalized spacial score (nSPS) is 12.5. The highest BCUT2D eigenvalue weighted by Gasteiger charge is 2.28. The first-order chi connectivity index (χ1) is 9.49. The number of nitrogens with one attached hydrogen (secondary N) is 1. The van der Waals surface area contributed by atoms with E-state index in [1.807, 2.05) is 0 Å². The fraction of sp³-hybridized carbons (Fsp3) is 0.455. The molecule has 1 aromatic rings. The van der Waals surface area contributed by atoms with Gasteiger partial charge in [0, 0.05) is 19.7 Å². The second kappa shape index (κ2) is 5.93. The summed E-state index contributed by atoms with van der Waals surface area (Å²) in [5.41, 5.74) is 0.458. The monoisotopic (exact) mass is 318 g/mol. The summed E-state index contributed by atoms with van der Waals surface area (Å²) < 4.78 is 25.6. The van der Waals surface area contributed by atoms with Crippen molar-refractivity contribution in [1.29, 1.82) is 0 Å². The van der Waals surface area contributed by atoms with Crippen LogP contribution < -0.4 is 11.3 Å². The Morgan fingerprint density at radius 3 is 2.48 bits per heavy atom. The van der Waals surface area contributed by atoms with E-state index in [1.54, 1.807) is 0 Å². The Morgan fingerprint density at radius 2 is 2.05 bits per heavy atom. The highest BCUT2D eigenvalue weighted by Crippen LogP contribution is 2.28. The number of nitrogens with two attached hydrogens (primary N) is 1. The third-order valence-corrected chi connectivity index (χ3v) is 4.44. The van der Waals surface area contributed by atoms with Gasteiger partial charge in [-0.25, -0.2) is 8.42 Å². The molecule has 118 valence electrons. The molecule has 0 atom stereocenters. The summed E-state index contributed by atoms with van der Waals surface area (Å²) in [6.07, 6.45) is 0. The molecule has 0 aromatic heterocycles. The maximum atomic E-state index is 12.3. The van der Waals surface area contributed by atoms with Crippen LogP contribution in [0.4, 0.5) is 11.4 Å². The van der Waals surface area contributed by atoms with Gasteiger partial charge in [-0.15, -0.1) is 0 Å². The predicted octanol–water partition coefficient (Wildman–Crippen LogP) is 0.272. The number of sulfonamides is 1. The van der Waals surface area contributed by atoms with Gasteiger partial charge in [0.2, 0.25) is 10.0 Å². The largest absolute Gasteiger partial charge is 0.389 e. The van der Waals surface area contributed by atoms with Crippen LogP contribution in [-0.2, 0) is 10.0 Å². The number of benzene rings is 1. The fourth-order valence-electron chi connectivity index (χ4n) is 1.75. The number of hydrogen-bond donors (Lipinski definition) is 3. The first-order valence-electron chi connectivity index (χ1n) is 5.93. The SMILES string of the molecule is CN(CC(C)(C)O)S(=O)(=O)c1ccc(NN)c([N+](=O)[O-])c1. The van der Waals surface area contributed by atoms with Crippen LogP contribution in [0.1, 0.15) is 13.8 Å². The van der Waals surface area contributed by atoms with Crippen molar-refractivity contribution in [1.82, 2.24) is 4.31 Å². The Balaban J connectivity index is 3.26. The summed E-state index contributed by atoms with van der Waals surface area (Å²) in [5.74, 6) is 5.14. The van der Waals surface area contributed by atoms with Gasteiger partial charge in [-0.05, 0) is 26.0 Å². The third-order valence-electron chi connectivity index (χ3n) is 2.64. The second-order valence-electron chi connectivity index (χ2n) is 5.15. The van der Waals surface area contributed by atoms with Gasteiger partial charge in [-0.2, -0.15) is 4.31 Å². The molecule has 9 nitrogen and oxygen atoms in total. The molecule has 0 aliphatic rings. The summed E-state index contributed by atoms with van der Waals surface area (Å²) in [6, 6.07) is 3.34. The van der Waals surface area contributed by atoms with Crippen LogP contribution in [0.2, 0.25) is 0 Å². The van der Waals surface area contributed by atoms with E-state index in [1.165, 1.54) is 33.0 Å². The molecule has 1 aromatic carbocycles. The molecule has 21 heavy (non-hydrogen) atoms. The molecule has 0 saturated heterocycles. The number of nitro benzene ring substituents is 1. The number of nitro groups is 1. The summed E-state index contributed by atoms with van der Waals surface area (Å²) in [5, 5.41) is 20.6. The van der Waals surface area contributed by atoms with E-state index in [9.17, 15) is 23.6 Å². The summed E-state index contributed by atoms with van der Waals surface area (Å²) in [7, 11) is -2.67. The lowest BCUT2D eigenvalue weighted by Gasteiger charge is -2.25. The van der Waals surface area contributed by atoms with Crippen molar-refractivity contribution in [3.63, 3.8) is 0 Å². The number of rotatable bonds is 6. The van der Waals surface area contributed by atoms with Crippen molar-refractivity contribution in [2.24, 2.45) is 5.84 Å². The van der Waals surface area contributed by atoms with E-state index in [2.05, 4.69) is 5.43 Å². The molecule has 0 amide bonds. The Morgan fingerprint density at radius 1 is 1.48 bits per heavy atom. The van der Waals surface area contributed by atoms with Crippen molar-refractivity contribution >= 4 is 21.4 Å². The van der Waals surface area contributed by atoms with Crippen molar-refractivity contribution in [3.05, 3.63) is 28.3 Å². The number of likely N-dealkylation sites (N-methyl/N-ethyl adjacent to an activating group) is 1. The molecular weight excluding hydrogens is 300 g/mol. The lowest BCUT2D eigenvalue weighted by Crippen LogP contribution is -2.39. The van der Waals surface area contributed by atoms with Crippen LogP contribution in [0.3, 0.4) is 0 Å². The van der Waals surface area contributed by atoms with Gasteiger partial charge >= 0.3 is 0 Å². The van der Waals surface area contributed by atoms with Crippen molar-refractivity contribution in [3.8, 4) is 0 Å². The van der Waals surface area contributed by atoms with Crippen LogP contribution in [-0.4, -0.2) is 41.9 Å². The molecule has 4 N–H and O–H groups in total. The zero-order valence-corrected chi connectivity index (χ0v) is 12.7. The summed E-state index contributed by atoms with van der Waals surface area (Å²) >= 11 is 0. The molecule has 10 heteroatoms. The molecule has 0 spiro atoms. The second-order valence-corrected chi connectivity index (χ2v) is 7.20. The Labute approximate surface area is 122 Å². The number of hydrogen-bond acceptors (Lipinski definition) is 7. The van der Waals surface area contributed by atoms with Crippen molar-refractivity contribution < 1.29 is 18.4 Å². The summed E-state index contributed by atoms with van der Waals surface area (Å²) in [6.45, 7) is 2.77. The molecule has 0 aliphatic heterocycles. The standard InChI is InChI=1S/C11H18N4O5S/c1-11(2,16)7-14(3)21(19,20)8-4-5-9(13-12)10(6-8)15(17)18/h4-6,13,16H,7,12H2,1-3H3. The van der Waals surface area contributed by atoms with Crippen LogP contribution in [0.25, 0.3) is 0 Å². The number of aliphatic hydroxyl groups is 1. The lowest BCUT2D eigenvalue weighted by molar-refractivity contribution is -0.384. The van der Waals surface area contributed by atoms with Gasteiger partial charge in [-0.3, -0.25) is 16.0 Å². The quantitative estimate of drug-likeness (QED) is 0.388. The Hall–Kier alpha value is -1.75. The van der Waals surface area contributed by atoms with Crippen LogP contribution in [0, 0.1) is 10.1 Å². The van der Waals surface area contributed by atoms with Gasteiger partial charge in [-0.1, -0.05) is 0 Å². The maximum absolute atomic E-state index is 12.3. The van der Waals surface area contributed by atoms with Crippen LogP contribution in [0.15, 0.2) is 23.1 Å². The molecule has 0 fully saturated rings. The van der Waals surface area contributed by atoms with Gasteiger partial charge in [0.1, 0.15) is 5.69 Å². The van der Waals surface area contributed by atoms with Crippen molar-refractivity contribution in [2.45, 2.75) is 24.3 Å². The number of nitrogens with zero attached hydrogens (tertiary/aromatic N) is 2. The topological polar surface area (TPSA) is 139 Å². The third kappa shape index (κ3) is 4.11. The molecule has 0 radical (unpaired) electrons. The average molecular weight is 318 g/mol. The molecule has 0 unspecified atom stereocenters. The minimum absolute atomic E-state index is 0.00379. The van der Waals surface area contributed by atoms with Gasteiger partial charge in [0.15, 0.2) is 0 Å². The molecule has 0 bridgehead atoms. The Bertz CT molecular complexity index is 639. The first-order valence-corrected chi connectivity index (χ1v) is 7.37. The highest BCUT2D eigenvalue weighted by molar-refractivity contribution is 7.89. The van der Waals surface area contributed by atoms with Crippen LogP contribution >= 0.6 is 0 Å². The van der Waals surface area contributed by atoms with Crippen molar-refractivity contribution in [2.75, 3.05) is 19.0 Å². The molecule has 0 aliphatic carbocycles. The smallest absolute Gasteiger partial charge is 0.294 e. The van der Waals surface area contributed by atoms with E-state index >= 15 is 0 Å². The van der Waals surface area contributed by atoms with E-state index in [-0.39, 0.29) is 17.1 Å². The highest BCUT2D eigenvalue weighted by atomic mass is 32.2. The predicted molar refractivity (Wildman–Crippen MR) is 77.0 cm³/mol.